The molecule has 6 aliphatic rings. The van der Waals surface area contributed by atoms with Crippen LogP contribution in [-0.2, 0) is 9.47 Å². The molecule has 5 unspecified atom stereocenters. The highest BCUT2D eigenvalue weighted by Gasteiger charge is 2.69. The van der Waals surface area contributed by atoms with Crippen molar-refractivity contribution in [1.82, 2.24) is 10.3 Å². The number of nitrogens with one attached hydrogen (secondary N) is 2. The third kappa shape index (κ3) is 3.79. The molecule has 3 N–H and O–H groups in total. The summed E-state index contributed by atoms with van der Waals surface area (Å²) in [6.07, 6.45) is 6.21. The van der Waals surface area contributed by atoms with Gasteiger partial charge in [0.1, 0.15) is 25.1 Å². The van der Waals surface area contributed by atoms with Gasteiger partial charge in [0.2, 0.25) is 11.6 Å². The smallest absolute Gasteiger partial charge is 0.289 e. The van der Waals surface area contributed by atoms with Gasteiger partial charge in [-0.15, -0.1) is 5.10 Å². The Balaban J connectivity index is 1.07. The van der Waals surface area contributed by atoms with Gasteiger partial charge in [-0.2, -0.15) is 0 Å². The standard InChI is InChI=1S/C26H30F2N6O4/c1-25(12-35)10-31-24(36-13-25)32-15-7-17(27)21(18(28)8-15)37-19-5-6-29-22-20(19)16(9-30-22)26-11-34(26)33-23(38-26)14-3-2-4-14/h5-8,14,16,19-20,35H,2-4,9-13H2,1H3,(H,29,30)(H,31,32). The van der Waals surface area contributed by atoms with Gasteiger partial charge in [-0.05, 0) is 18.9 Å². The molecule has 7 rings (SSSR count). The molecule has 0 aromatic heterocycles. The maximum absolute atomic E-state index is 15.2. The minimum atomic E-state index is -0.844. The number of aliphatic hydroxyl groups excluding tert-OH is 1. The minimum Gasteiger partial charge on any atom is -0.479 e. The molecule has 5 aliphatic heterocycles. The van der Waals surface area contributed by atoms with E-state index in [4.69, 9.17) is 14.2 Å². The van der Waals surface area contributed by atoms with Crippen LogP contribution in [0, 0.1) is 34.8 Å². The lowest BCUT2D eigenvalue weighted by Crippen LogP contribution is -2.48. The number of anilines is 1. The number of aliphatic hydroxyl groups is 1. The van der Waals surface area contributed by atoms with Crippen LogP contribution in [0.1, 0.15) is 26.2 Å². The van der Waals surface area contributed by atoms with Crippen molar-refractivity contribution in [2.75, 3.05) is 38.2 Å². The monoisotopic (exact) mass is 528 g/mol. The molecule has 0 bridgehead atoms. The van der Waals surface area contributed by atoms with Crippen LogP contribution in [0.5, 0.6) is 5.75 Å². The number of hydrogen-bond acceptors (Lipinski definition) is 10. The lowest BCUT2D eigenvalue weighted by molar-refractivity contribution is 0.0304. The van der Waals surface area contributed by atoms with E-state index in [1.165, 1.54) is 6.42 Å². The van der Waals surface area contributed by atoms with Crippen molar-refractivity contribution in [3.05, 3.63) is 36.0 Å². The Morgan fingerprint density at radius 1 is 1.26 bits per heavy atom. The van der Waals surface area contributed by atoms with Crippen molar-refractivity contribution in [3.8, 4) is 5.75 Å². The fourth-order valence-electron chi connectivity index (χ4n) is 5.70. The van der Waals surface area contributed by atoms with E-state index < -0.39 is 34.6 Å². The summed E-state index contributed by atoms with van der Waals surface area (Å²) < 4.78 is 48.3. The average Bonchev–Trinajstić information content (AvgIpc) is 3.20. The summed E-state index contributed by atoms with van der Waals surface area (Å²) in [5.41, 5.74) is -0.895. The highest BCUT2D eigenvalue weighted by Crippen LogP contribution is 2.53. The van der Waals surface area contributed by atoms with Crippen LogP contribution in [0.3, 0.4) is 0 Å². The number of nitrogens with zero attached hydrogens (tertiary/aromatic N) is 4. The van der Waals surface area contributed by atoms with Crippen LogP contribution in [0.2, 0.25) is 0 Å². The molecular formula is C26H30F2N6O4. The first kappa shape index (κ1) is 23.7. The summed E-state index contributed by atoms with van der Waals surface area (Å²) >= 11 is 0. The van der Waals surface area contributed by atoms with Crippen molar-refractivity contribution in [1.29, 1.82) is 0 Å². The second kappa shape index (κ2) is 8.55. The first-order valence-corrected chi connectivity index (χ1v) is 13.1. The molecule has 1 aliphatic carbocycles. The molecule has 202 valence electrons. The van der Waals surface area contributed by atoms with Crippen LogP contribution in [-0.4, -0.2) is 72.5 Å². The number of benzene rings is 1. The summed E-state index contributed by atoms with van der Waals surface area (Å²) in [5, 5.41) is 22.1. The lowest BCUT2D eigenvalue weighted by Gasteiger charge is -2.34. The van der Waals surface area contributed by atoms with Crippen LogP contribution < -0.4 is 15.4 Å². The molecule has 0 radical (unpaired) electrons. The van der Waals surface area contributed by atoms with Crippen molar-refractivity contribution >= 4 is 23.4 Å². The summed E-state index contributed by atoms with van der Waals surface area (Å²) in [6.45, 7) is 3.55. The first-order chi connectivity index (χ1) is 18.4. The molecule has 1 saturated heterocycles. The number of hydrazone groups is 1. The second-order valence-electron chi connectivity index (χ2n) is 11.3. The Bertz CT molecular complexity index is 1260. The zero-order valence-corrected chi connectivity index (χ0v) is 21.0. The molecule has 0 spiro atoms. The van der Waals surface area contributed by atoms with Gasteiger partial charge < -0.3 is 30.0 Å². The topological polar surface area (TPSA) is 112 Å². The van der Waals surface area contributed by atoms with Crippen LogP contribution in [0.25, 0.3) is 0 Å². The average molecular weight is 529 g/mol. The van der Waals surface area contributed by atoms with Gasteiger partial charge in [-0.1, -0.05) is 13.3 Å². The van der Waals surface area contributed by atoms with E-state index in [-0.39, 0.29) is 36.8 Å². The predicted molar refractivity (Wildman–Crippen MR) is 135 cm³/mol. The molecule has 1 aromatic rings. The minimum absolute atomic E-state index is 0.0700. The van der Waals surface area contributed by atoms with Crippen molar-refractivity contribution < 1.29 is 28.1 Å². The molecule has 5 atom stereocenters. The third-order valence-corrected chi connectivity index (χ3v) is 8.37. The molecule has 1 saturated carbocycles. The summed E-state index contributed by atoms with van der Waals surface area (Å²) in [4.78, 5) is 8.90. The quantitative estimate of drug-likeness (QED) is 0.487. The van der Waals surface area contributed by atoms with Gasteiger partial charge in [-0.3, -0.25) is 4.99 Å². The first-order valence-electron chi connectivity index (χ1n) is 13.1. The Morgan fingerprint density at radius 2 is 2.08 bits per heavy atom. The summed E-state index contributed by atoms with van der Waals surface area (Å²) in [6, 6.07) is 2.44. The van der Waals surface area contributed by atoms with E-state index in [9.17, 15) is 5.11 Å². The van der Waals surface area contributed by atoms with E-state index in [1.807, 2.05) is 11.9 Å². The number of halogens is 2. The molecule has 0 amide bonds. The zero-order valence-electron chi connectivity index (χ0n) is 21.0. The highest BCUT2D eigenvalue weighted by atomic mass is 19.1. The molecule has 10 nitrogen and oxygen atoms in total. The van der Waals surface area contributed by atoms with Gasteiger partial charge in [0.15, 0.2) is 17.4 Å². The molecule has 38 heavy (non-hydrogen) atoms. The Morgan fingerprint density at radius 3 is 2.76 bits per heavy atom. The van der Waals surface area contributed by atoms with Gasteiger partial charge in [0, 0.05) is 35.4 Å². The third-order valence-electron chi connectivity index (χ3n) is 8.37. The fourth-order valence-corrected chi connectivity index (χ4v) is 5.70. The largest absolute Gasteiger partial charge is 0.479 e. The van der Waals surface area contributed by atoms with Crippen molar-refractivity contribution in [2.24, 2.45) is 38.3 Å². The molecule has 5 heterocycles. The van der Waals surface area contributed by atoms with Crippen LogP contribution in [0.15, 0.2) is 39.5 Å². The Kier molecular flexibility index (Phi) is 5.33. The summed E-state index contributed by atoms with van der Waals surface area (Å²) in [5.74, 6) is -0.558. The highest BCUT2D eigenvalue weighted by molar-refractivity contribution is 5.90. The maximum atomic E-state index is 15.2. The molecular weight excluding hydrogens is 498 g/mol. The molecule has 1 aromatic carbocycles. The molecule has 12 heteroatoms. The maximum Gasteiger partial charge on any atom is 0.289 e. The van der Waals surface area contributed by atoms with Crippen LogP contribution >= 0.6 is 0 Å². The zero-order chi connectivity index (χ0) is 26.1. The van der Waals surface area contributed by atoms with E-state index in [1.54, 1.807) is 12.3 Å². The van der Waals surface area contributed by atoms with Crippen molar-refractivity contribution in [3.63, 3.8) is 0 Å². The van der Waals surface area contributed by atoms with Gasteiger partial charge in [0.05, 0.1) is 31.5 Å². The van der Waals surface area contributed by atoms with E-state index in [0.717, 1.165) is 36.7 Å². The number of fused-ring (bicyclic) bond motifs is 2. The SMILES string of the molecule is CC1(CO)CN=C(Nc2cc(F)c(OC3C=CNC4=NCC(C56CN5N=C(C5CCC5)O6)C43)c(F)c2)OC1. The fraction of sp³-hybridized carbons (Fsp3) is 0.577. The number of amidine groups is 2. The second-order valence-corrected chi connectivity index (χ2v) is 11.3. The Labute approximate surface area is 218 Å². The van der Waals surface area contributed by atoms with Crippen molar-refractivity contribution in [2.45, 2.75) is 38.0 Å². The normalized spacial score (nSPS) is 35.0. The van der Waals surface area contributed by atoms with E-state index >= 15 is 8.78 Å². The summed E-state index contributed by atoms with van der Waals surface area (Å²) in [7, 11) is 0. The number of ether oxygens (including phenoxy) is 3. The van der Waals surface area contributed by atoms with Gasteiger partial charge in [0.25, 0.3) is 6.02 Å². The lowest BCUT2D eigenvalue weighted by atomic mass is 9.82. The molecule has 2 fully saturated rings. The number of aliphatic imine (C=N–C) groups is 2. The Hall–Kier alpha value is -3.41. The predicted octanol–water partition coefficient (Wildman–Crippen LogP) is 2.43. The number of hydrogen-bond donors (Lipinski definition) is 3. The van der Waals surface area contributed by atoms with Crippen LogP contribution in [0.4, 0.5) is 14.5 Å². The van der Waals surface area contributed by atoms with E-state index in [0.29, 0.717) is 25.6 Å². The van der Waals surface area contributed by atoms with E-state index in [2.05, 4.69) is 25.7 Å². The van der Waals surface area contributed by atoms with Gasteiger partial charge in [-0.25, -0.2) is 18.8 Å². The van der Waals surface area contributed by atoms with Gasteiger partial charge >= 0.3 is 0 Å². The number of rotatable bonds is 6.